The summed E-state index contributed by atoms with van der Waals surface area (Å²) >= 11 is 3.32. The average Bonchev–Trinajstić information content (AvgIpc) is 2.51. The number of nitrogens with one attached hydrogen (secondary N) is 2. The van der Waals surface area contributed by atoms with E-state index in [1.807, 2.05) is 13.0 Å². The Morgan fingerprint density at radius 1 is 1.13 bits per heavy atom. The molecule has 0 unspecified atom stereocenters. The van der Waals surface area contributed by atoms with Gasteiger partial charge in [0.1, 0.15) is 5.82 Å². The molecule has 118 valence electrons. The van der Waals surface area contributed by atoms with E-state index in [1.54, 1.807) is 12.1 Å². The predicted molar refractivity (Wildman–Crippen MR) is 89.6 cm³/mol. The van der Waals surface area contributed by atoms with Gasteiger partial charge in [0.05, 0.1) is 6.21 Å². The summed E-state index contributed by atoms with van der Waals surface area (Å²) in [5.41, 5.74) is 4.06. The lowest BCUT2D eigenvalue weighted by atomic mass is 10.2. The summed E-state index contributed by atoms with van der Waals surface area (Å²) < 4.78 is 13.6. The Bertz CT molecular complexity index is 760. The predicted octanol–water partition coefficient (Wildman–Crippen LogP) is 2.99. The first-order valence-corrected chi connectivity index (χ1v) is 7.41. The zero-order valence-corrected chi connectivity index (χ0v) is 13.7. The second-order valence-corrected chi connectivity index (χ2v) is 5.58. The quantitative estimate of drug-likeness (QED) is 0.490. The fourth-order valence-electron chi connectivity index (χ4n) is 1.71. The Hall–Kier alpha value is -2.54. The maximum absolute atomic E-state index is 12.7. The molecule has 0 saturated carbocycles. The molecule has 2 rings (SSSR count). The van der Waals surface area contributed by atoms with Crippen molar-refractivity contribution in [2.75, 3.05) is 5.32 Å². The zero-order valence-electron chi connectivity index (χ0n) is 12.1. The van der Waals surface area contributed by atoms with Crippen LogP contribution in [0.2, 0.25) is 0 Å². The molecule has 0 radical (unpaired) electrons. The highest BCUT2D eigenvalue weighted by Crippen LogP contribution is 2.19. The third-order valence-corrected chi connectivity index (χ3v) is 3.39. The van der Waals surface area contributed by atoms with Gasteiger partial charge >= 0.3 is 11.8 Å². The van der Waals surface area contributed by atoms with Crippen LogP contribution in [0.15, 0.2) is 52.0 Å². The van der Waals surface area contributed by atoms with Gasteiger partial charge in [-0.1, -0.05) is 28.1 Å². The third-order valence-electron chi connectivity index (χ3n) is 2.89. The Morgan fingerprint density at radius 3 is 2.48 bits per heavy atom. The summed E-state index contributed by atoms with van der Waals surface area (Å²) in [5, 5.41) is 6.15. The first kappa shape index (κ1) is 16.8. The number of carbonyl (C=O) groups excluding carboxylic acids is 2. The van der Waals surface area contributed by atoms with E-state index in [2.05, 4.69) is 31.8 Å². The van der Waals surface area contributed by atoms with Crippen LogP contribution in [0.1, 0.15) is 11.1 Å². The van der Waals surface area contributed by atoms with Gasteiger partial charge in [0.15, 0.2) is 0 Å². The SMILES string of the molecule is Cc1cc(Br)ccc1NC(=O)C(=O)N/N=C/c1ccc(F)cc1. The monoisotopic (exact) mass is 377 g/mol. The van der Waals surface area contributed by atoms with Crippen molar-refractivity contribution in [2.45, 2.75) is 6.92 Å². The van der Waals surface area contributed by atoms with E-state index in [0.29, 0.717) is 11.3 Å². The van der Waals surface area contributed by atoms with Gasteiger partial charge in [-0.2, -0.15) is 5.10 Å². The van der Waals surface area contributed by atoms with Crippen LogP contribution in [-0.4, -0.2) is 18.0 Å². The van der Waals surface area contributed by atoms with Gasteiger partial charge in [-0.25, -0.2) is 9.82 Å². The molecule has 2 amide bonds. The Kier molecular flexibility index (Phi) is 5.59. The number of benzene rings is 2. The van der Waals surface area contributed by atoms with Gasteiger partial charge in [-0.3, -0.25) is 9.59 Å². The standard InChI is InChI=1S/C16H13BrFN3O2/c1-10-8-12(17)4-7-14(10)20-15(22)16(23)21-19-9-11-2-5-13(18)6-3-11/h2-9H,1H3,(H,20,22)(H,21,23)/b19-9+. The van der Waals surface area contributed by atoms with Crippen LogP contribution in [0.25, 0.3) is 0 Å². The molecule has 0 aromatic heterocycles. The smallest absolute Gasteiger partial charge is 0.317 e. The van der Waals surface area contributed by atoms with Gasteiger partial charge in [-0.15, -0.1) is 0 Å². The molecule has 0 fully saturated rings. The summed E-state index contributed by atoms with van der Waals surface area (Å²) in [6.45, 7) is 1.81. The molecule has 7 heteroatoms. The van der Waals surface area contributed by atoms with E-state index in [0.717, 1.165) is 10.0 Å². The minimum Gasteiger partial charge on any atom is -0.317 e. The van der Waals surface area contributed by atoms with E-state index in [1.165, 1.54) is 30.5 Å². The molecule has 2 N–H and O–H groups in total. The van der Waals surface area contributed by atoms with Crippen molar-refractivity contribution in [1.82, 2.24) is 5.43 Å². The van der Waals surface area contributed by atoms with Crippen molar-refractivity contribution < 1.29 is 14.0 Å². The Balaban J connectivity index is 1.92. The van der Waals surface area contributed by atoms with Crippen LogP contribution < -0.4 is 10.7 Å². The van der Waals surface area contributed by atoms with Crippen molar-refractivity contribution in [3.05, 3.63) is 63.9 Å². The Morgan fingerprint density at radius 2 is 1.83 bits per heavy atom. The molecule has 0 heterocycles. The molecule has 0 bridgehead atoms. The number of rotatable bonds is 3. The molecule has 0 aliphatic heterocycles. The lowest BCUT2D eigenvalue weighted by Crippen LogP contribution is -2.32. The Labute approximate surface area is 140 Å². The summed E-state index contributed by atoms with van der Waals surface area (Å²) in [4.78, 5) is 23.4. The lowest BCUT2D eigenvalue weighted by molar-refractivity contribution is -0.136. The van der Waals surface area contributed by atoms with Crippen molar-refractivity contribution in [3.63, 3.8) is 0 Å². The number of halogens is 2. The fourth-order valence-corrected chi connectivity index (χ4v) is 2.19. The molecule has 23 heavy (non-hydrogen) atoms. The molecular formula is C16H13BrFN3O2. The first-order chi connectivity index (χ1) is 11.0. The van der Waals surface area contributed by atoms with Crippen LogP contribution in [0.3, 0.4) is 0 Å². The average molecular weight is 378 g/mol. The van der Waals surface area contributed by atoms with Gasteiger partial charge in [0, 0.05) is 10.2 Å². The van der Waals surface area contributed by atoms with Crippen LogP contribution in [0, 0.1) is 12.7 Å². The molecule has 0 spiro atoms. The van der Waals surface area contributed by atoms with Crippen molar-refractivity contribution in [1.29, 1.82) is 0 Å². The van der Waals surface area contributed by atoms with Crippen molar-refractivity contribution >= 4 is 39.6 Å². The number of anilines is 1. The zero-order chi connectivity index (χ0) is 16.8. The number of hydrogen-bond acceptors (Lipinski definition) is 3. The summed E-state index contributed by atoms with van der Waals surface area (Å²) in [6, 6.07) is 10.8. The van der Waals surface area contributed by atoms with Gasteiger partial charge in [0.2, 0.25) is 0 Å². The summed E-state index contributed by atoms with van der Waals surface area (Å²) in [6.07, 6.45) is 1.31. The maximum Gasteiger partial charge on any atom is 0.329 e. The topological polar surface area (TPSA) is 70.6 Å². The van der Waals surface area contributed by atoms with Crippen LogP contribution >= 0.6 is 15.9 Å². The minimum atomic E-state index is -0.898. The fraction of sp³-hybridized carbons (Fsp3) is 0.0625. The molecule has 0 atom stereocenters. The molecule has 5 nitrogen and oxygen atoms in total. The number of aryl methyl sites for hydroxylation is 1. The summed E-state index contributed by atoms with van der Waals surface area (Å²) in [7, 11) is 0. The van der Waals surface area contributed by atoms with Crippen molar-refractivity contribution in [2.24, 2.45) is 5.10 Å². The number of nitrogens with zero attached hydrogens (tertiary/aromatic N) is 1. The van der Waals surface area contributed by atoms with Crippen LogP contribution in [0.5, 0.6) is 0 Å². The molecule has 0 aliphatic rings. The molecule has 0 saturated heterocycles. The van der Waals surface area contributed by atoms with E-state index in [4.69, 9.17) is 0 Å². The highest BCUT2D eigenvalue weighted by molar-refractivity contribution is 9.10. The minimum absolute atomic E-state index is 0.365. The normalized spacial score (nSPS) is 10.6. The van der Waals surface area contributed by atoms with Gasteiger partial charge in [-0.05, 0) is 48.4 Å². The maximum atomic E-state index is 12.7. The molecule has 2 aromatic rings. The number of hydrazone groups is 1. The highest BCUT2D eigenvalue weighted by atomic mass is 79.9. The molecule has 2 aromatic carbocycles. The van der Waals surface area contributed by atoms with E-state index in [9.17, 15) is 14.0 Å². The summed E-state index contributed by atoms with van der Waals surface area (Å²) in [5.74, 6) is -2.09. The van der Waals surface area contributed by atoms with E-state index >= 15 is 0 Å². The first-order valence-electron chi connectivity index (χ1n) is 6.62. The molecular weight excluding hydrogens is 365 g/mol. The number of carbonyl (C=O) groups is 2. The number of hydrogen-bond donors (Lipinski definition) is 2. The van der Waals surface area contributed by atoms with Gasteiger partial charge in [0.25, 0.3) is 0 Å². The second kappa shape index (κ2) is 7.64. The lowest BCUT2D eigenvalue weighted by Gasteiger charge is -2.07. The highest BCUT2D eigenvalue weighted by Gasteiger charge is 2.13. The second-order valence-electron chi connectivity index (χ2n) is 4.66. The number of amides is 2. The molecule has 0 aliphatic carbocycles. The van der Waals surface area contributed by atoms with Crippen LogP contribution in [-0.2, 0) is 9.59 Å². The van der Waals surface area contributed by atoms with Crippen molar-refractivity contribution in [3.8, 4) is 0 Å². The van der Waals surface area contributed by atoms with E-state index < -0.39 is 11.8 Å². The van der Waals surface area contributed by atoms with E-state index in [-0.39, 0.29) is 5.82 Å². The van der Waals surface area contributed by atoms with Crippen LogP contribution in [0.4, 0.5) is 10.1 Å². The largest absolute Gasteiger partial charge is 0.329 e. The third kappa shape index (κ3) is 5.00. The van der Waals surface area contributed by atoms with Gasteiger partial charge < -0.3 is 5.32 Å².